The van der Waals surface area contributed by atoms with Crippen LogP contribution in [0.4, 0.5) is 16.2 Å². The number of esters is 1. The van der Waals surface area contributed by atoms with Gasteiger partial charge in [-0.3, -0.25) is 9.59 Å². The van der Waals surface area contributed by atoms with E-state index in [0.29, 0.717) is 22.7 Å². The van der Waals surface area contributed by atoms with E-state index in [4.69, 9.17) is 9.15 Å². The zero-order chi connectivity index (χ0) is 24.1. The van der Waals surface area contributed by atoms with Gasteiger partial charge in [-0.1, -0.05) is 24.3 Å². The van der Waals surface area contributed by atoms with Gasteiger partial charge >= 0.3 is 12.0 Å². The molecule has 0 aliphatic carbocycles. The van der Waals surface area contributed by atoms with Gasteiger partial charge in [0.25, 0.3) is 5.91 Å². The van der Waals surface area contributed by atoms with Crippen LogP contribution in [0.15, 0.2) is 77.4 Å². The van der Waals surface area contributed by atoms with Crippen LogP contribution in [0.5, 0.6) is 0 Å². The number of benzene rings is 2. The maximum atomic E-state index is 13.3. The van der Waals surface area contributed by atoms with Crippen LogP contribution in [0.2, 0.25) is 0 Å². The first-order valence-electron chi connectivity index (χ1n) is 10.8. The number of nitrogens with one attached hydrogen (secondary N) is 1. The van der Waals surface area contributed by atoms with Crippen LogP contribution in [0.25, 0.3) is 0 Å². The van der Waals surface area contributed by atoms with E-state index in [9.17, 15) is 19.2 Å². The number of hydrogen-bond acceptors (Lipinski definition) is 6. The Bertz CT molecular complexity index is 1190. The molecule has 0 spiro atoms. The molecule has 1 aliphatic rings. The van der Waals surface area contributed by atoms with Crippen LogP contribution < -0.4 is 10.2 Å². The van der Waals surface area contributed by atoms with E-state index in [1.807, 2.05) is 0 Å². The van der Waals surface area contributed by atoms with Gasteiger partial charge in [0, 0.05) is 5.69 Å². The minimum absolute atomic E-state index is 0.0389. The Morgan fingerprint density at radius 2 is 1.82 bits per heavy atom. The first kappa shape index (κ1) is 22.8. The molecule has 4 amide bonds. The number of para-hydroxylation sites is 1. The number of rotatable bonds is 8. The van der Waals surface area contributed by atoms with Crippen molar-refractivity contribution in [3.63, 3.8) is 0 Å². The van der Waals surface area contributed by atoms with Crippen molar-refractivity contribution in [2.45, 2.75) is 25.9 Å². The summed E-state index contributed by atoms with van der Waals surface area (Å²) < 4.78 is 10.3. The second kappa shape index (κ2) is 10.0. The average Bonchev–Trinajstić information content (AvgIpc) is 3.42. The Labute approximate surface area is 195 Å². The molecule has 0 radical (unpaired) electrons. The largest absolute Gasteiger partial charge is 0.467 e. The lowest BCUT2D eigenvalue weighted by molar-refractivity contribution is -0.124. The van der Waals surface area contributed by atoms with Crippen LogP contribution >= 0.6 is 0 Å². The summed E-state index contributed by atoms with van der Waals surface area (Å²) >= 11 is 0. The fourth-order valence-corrected chi connectivity index (χ4v) is 3.72. The summed E-state index contributed by atoms with van der Waals surface area (Å²) in [5.74, 6) is -0.994. The Morgan fingerprint density at radius 3 is 2.53 bits per heavy atom. The number of imide groups is 1. The summed E-state index contributed by atoms with van der Waals surface area (Å²) in [6.45, 7) is 1.98. The van der Waals surface area contributed by atoms with Crippen LogP contribution in [0.3, 0.4) is 0 Å². The summed E-state index contributed by atoms with van der Waals surface area (Å²) in [7, 11) is 0. The molecule has 3 aromatic rings. The van der Waals surface area contributed by atoms with Crippen LogP contribution in [-0.2, 0) is 20.9 Å². The third-order valence-corrected chi connectivity index (χ3v) is 5.28. The van der Waals surface area contributed by atoms with Crippen LogP contribution in [0, 0.1) is 0 Å². The molecule has 2 aromatic carbocycles. The van der Waals surface area contributed by atoms with E-state index in [1.54, 1.807) is 67.6 Å². The number of nitrogens with zero attached hydrogens (tertiary/aromatic N) is 2. The Morgan fingerprint density at radius 1 is 1.03 bits per heavy atom. The molecule has 1 saturated heterocycles. The van der Waals surface area contributed by atoms with Gasteiger partial charge < -0.3 is 19.4 Å². The zero-order valence-corrected chi connectivity index (χ0v) is 18.5. The molecule has 4 rings (SSSR count). The summed E-state index contributed by atoms with van der Waals surface area (Å²) in [6, 6.07) is 16.7. The fraction of sp³-hybridized carbons (Fsp3) is 0.200. The highest BCUT2D eigenvalue weighted by molar-refractivity contribution is 6.22. The monoisotopic (exact) mass is 461 g/mol. The Balaban J connectivity index is 1.54. The molecule has 1 unspecified atom stereocenters. The number of urea groups is 1. The molecule has 174 valence electrons. The molecule has 0 saturated carbocycles. The molecule has 1 aliphatic heterocycles. The van der Waals surface area contributed by atoms with E-state index in [-0.39, 0.29) is 19.6 Å². The molecular weight excluding hydrogens is 438 g/mol. The molecule has 1 atom stereocenters. The van der Waals surface area contributed by atoms with Crippen molar-refractivity contribution in [2.24, 2.45) is 0 Å². The summed E-state index contributed by atoms with van der Waals surface area (Å²) in [4.78, 5) is 53.7. The van der Waals surface area contributed by atoms with Crippen molar-refractivity contribution in [3.05, 3.63) is 84.3 Å². The molecule has 1 aromatic heterocycles. The van der Waals surface area contributed by atoms with Gasteiger partial charge in [-0.25, -0.2) is 14.5 Å². The number of ether oxygens (including phenoxy) is 1. The van der Waals surface area contributed by atoms with E-state index >= 15 is 0 Å². The van der Waals surface area contributed by atoms with E-state index < -0.39 is 29.9 Å². The lowest BCUT2D eigenvalue weighted by Crippen LogP contribution is -2.37. The summed E-state index contributed by atoms with van der Waals surface area (Å²) in [6.07, 6.45) is 1.21. The molecule has 1 N–H and O–H groups in total. The average molecular weight is 461 g/mol. The molecule has 2 heterocycles. The minimum atomic E-state index is -1.02. The van der Waals surface area contributed by atoms with Gasteiger partial charge in [0.2, 0.25) is 5.91 Å². The highest BCUT2D eigenvalue weighted by Crippen LogP contribution is 2.28. The predicted octanol–water partition coefficient (Wildman–Crippen LogP) is 3.82. The van der Waals surface area contributed by atoms with Crippen LogP contribution in [-0.4, -0.2) is 41.4 Å². The van der Waals surface area contributed by atoms with Crippen molar-refractivity contribution >= 4 is 35.2 Å². The first-order chi connectivity index (χ1) is 16.5. The lowest BCUT2D eigenvalue weighted by Gasteiger charge is -2.20. The van der Waals surface area contributed by atoms with Crippen molar-refractivity contribution < 1.29 is 28.3 Å². The van der Waals surface area contributed by atoms with Crippen molar-refractivity contribution in [1.29, 1.82) is 0 Å². The molecule has 0 bridgehead atoms. The zero-order valence-electron chi connectivity index (χ0n) is 18.5. The van der Waals surface area contributed by atoms with Gasteiger partial charge in [0.05, 0.1) is 37.1 Å². The first-order valence-corrected chi connectivity index (χ1v) is 10.8. The normalized spacial score (nSPS) is 15.5. The number of anilines is 2. The SMILES string of the molecule is CCOC(=O)c1cccc(NC(=O)CC2C(=O)N(c3ccccc3)C(=O)N2Cc2ccco2)c1. The van der Waals surface area contributed by atoms with Gasteiger partial charge in [-0.2, -0.15) is 0 Å². The number of carbonyl (C=O) groups is 4. The number of carbonyl (C=O) groups excluding carboxylic acids is 4. The second-order valence-electron chi connectivity index (χ2n) is 7.57. The van der Waals surface area contributed by atoms with E-state index in [0.717, 1.165) is 4.90 Å². The number of furan rings is 1. The topological polar surface area (TPSA) is 109 Å². The maximum Gasteiger partial charge on any atom is 0.338 e. The Hall–Kier alpha value is -4.40. The maximum absolute atomic E-state index is 13.3. The third kappa shape index (κ3) is 4.83. The van der Waals surface area contributed by atoms with E-state index in [1.165, 1.54) is 17.2 Å². The highest BCUT2D eigenvalue weighted by Gasteiger charge is 2.46. The molecule has 1 fully saturated rings. The van der Waals surface area contributed by atoms with Gasteiger partial charge in [-0.15, -0.1) is 0 Å². The molecule has 9 nitrogen and oxygen atoms in total. The van der Waals surface area contributed by atoms with Crippen molar-refractivity contribution in [1.82, 2.24) is 4.90 Å². The molecule has 34 heavy (non-hydrogen) atoms. The fourth-order valence-electron chi connectivity index (χ4n) is 3.72. The van der Waals surface area contributed by atoms with Gasteiger partial charge in [0.15, 0.2) is 0 Å². The number of hydrogen-bond donors (Lipinski definition) is 1. The lowest BCUT2D eigenvalue weighted by atomic mass is 10.1. The van der Waals surface area contributed by atoms with Crippen LogP contribution in [0.1, 0.15) is 29.5 Å². The smallest absolute Gasteiger partial charge is 0.338 e. The van der Waals surface area contributed by atoms with Crippen molar-refractivity contribution in [2.75, 3.05) is 16.8 Å². The standard InChI is InChI=1S/C25H23N3O6/c1-2-33-24(31)17-8-6-9-18(14-17)26-22(29)15-21-23(30)28(19-10-4-3-5-11-19)25(32)27(21)16-20-12-7-13-34-20/h3-14,21H,2,15-16H2,1H3,(H,26,29). The van der Waals surface area contributed by atoms with Gasteiger partial charge in [-0.05, 0) is 49.4 Å². The number of amides is 4. The van der Waals surface area contributed by atoms with Crippen molar-refractivity contribution in [3.8, 4) is 0 Å². The van der Waals surface area contributed by atoms with E-state index in [2.05, 4.69) is 5.32 Å². The molecular formula is C25H23N3O6. The molecule has 9 heteroatoms. The highest BCUT2D eigenvalue weighted by atomic mass is 16.5. The Kier molecular flexibility index (Phi) is 6.72. The second-order valence-corrected chi connectivity index (χ2v) is 7.57. The summed E-state index contributed by atoms with van der Waals surface area (Å²) in [5, 5.41) is 2.70. The quantitative estimate of drug-likeness (QED) is 0.403. The summed E-state index contributed by atoms with van der Waals surface area (Å²) in [5.41, 5.74) is 1.10. The third-order valence-electron chi connectivity index (χ3n) is 5.28. The predicted molar refractivity (Wildman–Crippen MR) is 123 cm³/mol. The minimum Gasteiger partial charge on any atom is -0.467 e. The van der Waals surface area contributed by atoms with Gasteiger partial charge in [0.1, 0.15) is 11.8 Å².